The molecule has 4 nitrogen and oxygen atoms in total. The quantitative estimate of drug-likeness (QED) is 0.536. The van der Waals surface area contributed by atoms with Gasteiger partial charge < -0.3 is 9.84 Å². The Bertz CT molecular complexity index is 1040. The van der Waals surface area contributed by atoms with Crippen LogP contribution in [0.4, 0.5) is 5.69 Å². The van der Waals surface area contributed by atoms with Crippen molar-refractivity contribution in [1.29, 1.82) is 0 Å². The fourth-order valence-corrected chi connectivity index (χ4v) is 2.95. The molecule has 0 aliphatic carbocycles. The van der Waals surface area contributed by atoms with E-state index in [1.807, 2.05) is 84.9 Å². The minimum Gasteiger partial charge on any atom is -0.356 e. The first-order valence-corrected chi connectivity index (χ1v) is 8.75. The number of carbonyl (C=O) groups is 1. The predicted molar refractivity (Wildman–Crippen MR) is 106 cm³/mol. The van der Waals surface area contributed by atoms with E-state index < -0.39 is 0 Å². The number of carbonyl (C=O) groups excluding carboxylic acids is 1. The number of nitrogens with zero attached hydrogens (tertiary/aromatic N) is 1. The zero-order chi connectivity index (χ0) is 18.5. The minimum atomic E-state index is -0.133. The van der Waals surface area contributed by atoms with E-state index in [2.05, 4.69) is 10.5 Å². The zero-order valence-corrected chi connectivity index (χ0v) is 14.6. The Morgan fingerprint density at radius 3 is 2.19 bits per heavy atom. The third kappa shape index (κ3) is 3.96. The van der Waals surface area contributed by atoms with Crippen LogP contribution in [0.1, 0.15) is 5.69 Å². The highest BCUT2D eigenvalue weighted by Gasteiger charge is 2.12. The molecule has 1 N–H and O–H groups in total. The Labute approximate surface area is 157 Å². The highest BCUT2D eigenvalue weighted by molar-refractivity contribution is 5.96. The number of amides is 1. The van der Waals surface area contributed by atoms with Crippen LogP contribution in [0.25, 0.3) is 22.5 Å². The largest absolute Gasteiger partial charge is 0.356 e. The van der Waals surface area contributed by atoms with Gasteiger partial charge in [0.2, 0.25) is 5.91 Å². The van der Waals surface area contributed by atoms with Crippen LogP contribution < -0.4 is 5.32 Å². The molecule has 1 amide bonds. The zero-order valence-electron chi connectivity index (χ0n) is 14.6. The van der Waals surface area contributed by atoms with Gasteiger partial charge in [0.1, 0.15) is 0 Å². The van der Waals surface area contributed by atoms with Crippen molar-refractivity contribution < 1.29 is 9.32 Å². The minimum absolute atomic E-state index is 0.133. The van der Waals surface area contributed by atoms with Crippen LogP contribution in [0.5, 0.6) is 0 Å². The fourth-order valence-electron chi connectivity index (χ4n) is 2.95. The lowest BCUT2D eigenvalue weighted by Gasteiger charge is -2.10. The number of anilines is 1. The maximum Gasteiger partial charge on any atom is 0.230 e. The Kier molecular flexibility index (Phi) is 4.79. The van der Waals surface area contributed by atoms with Gasteiger partial charge >= 0.3 is 0 Å². The summed E-state index contributed by atoms with van der Waals surface area (Å²) in [7, 11) is 0. The van der Waals surface area contributed by atoms with E-state index in [1.54, 1.807) is 6.07 Å². The molecule has 4 aromatic rings. The first kappa shape index (κ1) is 16.8. The molecule has 0 aliphatic heterocycles. The molecule has 4 rings (SSSR count). The van der Waals surface area contributed by atoms with Crippen molar-refractivity contribution in [2.24, 2.45) is 0 Å². The summed E-state index contributed by atoms with van der Waals surface area (Å²) in [6.45, 7) is 0. The number of benzene rings is 3. The molecule has 0 bridgehead atoms. The highest BCUT2D eigenvalue weighted by atomic mass is 16.5. The molecule has 0 aliphatic rings. The van der Waals surface area contributed by atoms with Crippen molar-refractivity contribution in [2.45, 2.75) is 6.42 Å². The van der Waals surface area contributed by atoms with Gasteiger partial charge in [-0.25, -0.2) is 0 Å². The number of rotatable bonds is 5. The molecule has 1 aromatic heterocycles. The van der Waals surface area contributed by atoms with Crippen LogP contribution in [0, 0.1) is 0 Å². The molecular weight excluding hydrogens is 336 g/mol. The second kappa shape index (κ2) is 7.70. The Balaban J connectivity index is 1.49. The second-order valence-corrected chi connectivity index (χ2v) is 6.19. The topological polar surface area (TPSA) is 55.1 Å². The van der Waals surface area contributed by atoms with Crippen molar-refractivity contribution in [2.75, 3.05) is 5.32 Å². The fraction of sp³-hybridized carbons (Fsp3) is 0.0435. The van der Waals surface area contributed by atoms with Crippen molar-refractivity contribution >= 4 is 11.6 Å². The van der Waals surface area contributed by atoms with Crippen LogP contribution in [0.15, 0.2) is 95.5 Å². The lowest BCUT2D eigenvalue weighted by Crippen LogP contribution is -2.15. The summed E-state index contributed by atoms with van der Waals surface area (Å²) in [6, 6.07) is 29.2. The Morgan fingerprint density at radius 1 is 0.815 bits per heavy atom. The molecule has 0 saturated carbocycles. The van der Waals surface area contributed by atoms with Gasteiger partial charge in [0, 0.05) is 22.9 Å². The molecule has 0 saturated heterocycles. The smallest absolute Gasteiger partial charge is 0.230 e. The number of para-hydroxylation sites is 1. The van der Waals surface area contributed by atoms with Gasteiger partial charge in [-0.05, 0) is 11.6 Å². The van der Waals surface area contributed by atoms with Gasteiger partial charge in [-0.15, -0.1) is 0 Å². The third-order valence-corrected chi connectivity index (χ3v) is 4.24. The van der Waals surface area contributed by atoms with Crippen molar-refractivity contribution in [3.8, 4) is 22.5 Å². The standard InChI is InChI=1S/C23H18N2O2/c26-23(16-19-15-22(27-25-19)18-11-5-2-6-12-18)24-21-14-8-7-13-20(21)17-9-3-1-4-10-17/h1-15H,16H2,(H,24,26). The molecule has 0 radical (unpaired) electrons. The molecule has 0 unspecified atom stereocenters. The molecule has 0 atom stereocenters. The maximum atomic E-state index is 12.5. The van der Waals surface area contributed by atoms with Gasteiger partial charge in [-0.1, -0.05) is 84.0 Å². The van der Waals surface area contributed by atoms with Crippen molar-refractivity contribution in [3.05, 3.63) is 96.7 Å². The monoisotopic (exact) mass is 354 g/mol. The SMILES string of the molecule is O=C(Cc1cc(-c2ccccc2)on1)Nc1ccccc1-c1ccccc1. The number of hydrogen-bond acceptors (Lipinski definition) is 3. The van der Waals surface area contributed by atoms with E-state index in [0.29, 0.717) is 11.5 Å². The summed E-state index contributed by atoms with van der Waals surface area (Å²) in [6.07, 6.45) is 0.152. The van der Waals surface area contributed by atoms with Crippen LogP contribution in [-0.4, -0.2) is 11.1 Å². The molecule has 27 heavy (non-hydrogen) atoms. The van der Waals surface area contributed by atoms with E-state index in [4.69, 9.17) is 4.52 Å². The van der Waals surface area contributed by atoms with Crippen molar-refractivity contribution in [3.63, 3.8) is 0 Å². The first-order valence-electron chi connectivity index (χ1n) is 8.75. The predicted octanol–water partition coefficient (Wildman–Crippen LogP) is 5.19. The lowest BCUT2D eigenvalue weighted by molar-refractivity contribution is -0.115. The molecule has 132 valence electrons. The van der Waals surface area contributed by atoms with Crippen LogP contribution >= 0.6 is 0 Å². The Hall–Kier alpha value is -3.66. The summed E-state index contributed by atoms with van der Waals surface area (Å²) < 4.78 is 5.36. The van der Waals surface area contributed by atoms with Gasteiger partial charge in [0.25, 0.3) is 0 Å². The van der Waals surface area contributed by atoms with Gasteiger partial charge in [0.05, 0.1) is 12.1 Å². The number of aromatic nitrogens is 1. The average Bonchev–Trinajstić information content (AvgIpc) is 3.18. The van der Waals surface area contributed by atoms with Crippen LogP contribution in [0.3, 0.4) is 0 Å². The summed E-state index contributed by atoms with van der Waals surface area (Å²) >= 11 is 0. The summed E-state index contributed by atoms with van der Waals surface area (Å²) in [5, 5.41) is 7.00. The Morgan fingerprint density at radius 2 is 1.44 bits per heavy atom. The first-order chi connectivity index (χ1) is 13.3. The average molecular weight is 354 g/mol. The summed E-state index contributed by atoms with van der Waals surface area (Å²) in [4.78, 5) is 12.5. The second-order valence-electron chi connectivity index (χ2n) is 6.19. The lowest BCUT2D eigenvalue weighted by atomic mass is 10.0. The normalized spacial score (nSPS) is 10.5. The van der Waals surface area contributed by atoms with Crippen LogP contribution in [-0.2, 0) is 11.2 Å². The van der Waals surface area contributed by atoms with Gasteiger partial charge in [-0.3, -0.25) is 4.79 Å². The summed E-state index contributed by atoms with van der Waals surface area (Å²) in [5.41, 5.74) is 4.35. The molecule has 4 heteroatoms. The van der Waals surface area contributed by atoms with E-state index in [9.17, 15) is 4.79 Å². The van der Waals surface area contributed by atoms with E-state index >= 15 is 0 Å². The molecule has 0 spiro atoms. The molecule has 0 fully saturated rings. The number of hydrogen-bond donors (Lipinski definition) is 1. The van der Waals surface area contributed by atoms with E-state index in [-0.39, 0.29) is 12.3 Å². The van der Waals surface area contributed by atoms with Gasteiger partial charge in [-0.2, -0.15) is 0 Å². The summed E-state index contributed by atoms with van der Waals surface area (Å²) in [5.74, 6) is 0.523. The highest BCUT2D eigenvalue weighted by Crippen LogP contribution is 2.27. The van der Waals surface area contributed by atoms with Crippen molar-refractivity contribution in [1.82, 2.24) is 5.16 Å². The van der Waals surface area contributed by atoms with Gasteiger partial charge in [0.15, 0.2) is 5.76 Å². The number of nitrogens with one attached hydrogen (secondary N) is 1. The molecule has 1 heterocycles. The van der Waals surface area contributed by atoms with E-state index in [1.165, 1.54) is 0 Å². The molecule has 3 aromatic carbocycles. The van der Waals surface area contributed by atoms with Crippen LogP contribution in [0.2, 0.25) is 0 Å². The molecular formula is C23H18N2O2. The maximum absolute atomic E-state index is 12.5. The van der Waals surface area contributed by atoms with E-state index in [0.717, 1.165) is 22.4 Å². The third-order valence-electron chi connectivity index (χ3n) is 4.24.